The van der Waals surface area contributed by atoms with Crippen LogP contribution in [0.4, 0.5) is 0 Å². The zero-order valence-electron chi connectivity index (χ0n) is 11.5. The zero-order valence-corrected chi connectivity index (χ0v) is 13.0. The van der Waals surface area contributed by atoms with E-state index in [1.807, 2.05) is 13.1 Å². The quantitative estimate of drug-likeness (QED) is 0.917. The highest BCUT2D eigenvalue weighted by molar-refractivity contribution is 9.10. The van der Waals surface area contributed by atoms with Crippen molar-refractivity contribution < 1.29 is 5.11 Å². The van der Waals surface area contributed by atoms with Gasteiger partial charge in [-0.25, -0.2) is 4.68 Å². The Morgan fingerprint density at radius 2 is 1.90 bits per heavy atom. The lowest BCUT2D eigenvalue weighted by Gasteiger charge is -2.36. The molecule has 0 spiro atoms. The van der Waals surface area contributed by atoms with Crippen LogP contribution in [0.15, 0.2) is 34.9 Å². The maximum Gasteiger partial charge on any atom is 0.154 e. The average molecular weight is 336 g/mol. The van der Waals surface area contributed by atoms with Crippen molar-refractivity contribution in [2.24, 2.45) is 7.05 Å². The fraction of sp³-hybridized carbons (Fsp3) is 0.467. The van der Waals surface area contributed by atoms with Gasteiger partial charge in [-0.3, -0.25) is 0 Å². The monoisotopic (exact) mass is 335 g/mol. The Morgan fingerprint density at radius 1 is 1.25 bits per heavy atom. The molecule has 5 heteroatoms. The molecular formula is C15H18BrN3O. The fourth-order valence-corrected chi connectivity index (χ4v) is 3.91. The molecule has 0 bridgehead atoms. The predicted molar refractivity (Wildman–Crippen MR) is 80.3 cm³/mol. The van der Waals surface area contributed by atoms with Crippen LogP contribution in [-0.2, 0) is 12.6 Å². The van der Waals surface area contributed by atoms with Crippen LogP contribution in [0.2, 0.25) is 0 Å². The molecular weight excluding hydrogens is 318 g/mol. The highest BCUT2D eigenvalue weighted by atomic mass is 79.9. The molecule has 1 saturated carbocycles. The van der Waals surface area contributed by atoms with E-state index in [4.69, 9.17) is 0 Å². The van der Waals surface area contributed by atoms with E-state index in [0.29, 0.717) is 10.5 Å². The molecule has 106 valence electrons. The smallest absolute Gasteiger partial charge is 0.154 e. The van der Waals surface area contributed by atoms with Crippen molar-refractivity contribution in [2.45, 2.75) is 37.2 Å². The number of aliphatic hydroxyl groups is 1. The number of benzene rings is 1. The molecule has 0 atom stereocenters. The summed E-state index contributed by atoms with van der Waals surface area (Å²) in [6.07, 6.45) is 3.45. The highest BCUT2D eigenvalue weighted by Crippen LogP contribution is 2.44. The molecule has 0 unspecified atom stereocenters. The van der Waals surface area contributed by atoms with E-state index in [1.165, 1.54) is 5.56 Å². The van der Waals surface area contributed by atoms with Gasteiger partial charge in [0.25, 0.3) is 0 Å². The van der Waals surface area contributed by atoms with Crippen molar-refractivity contribution in [3.05, 3.63) is 46.2 Å². The van der Waals surface area contributed by atoms with Crippen molar-refractivity contribution in [1.29, 1.82) is 0 Å². The summed E-state index contributed by atoms with van der Waals surface area (Å²) in [5, 5.41) is 18.9. The minimum atomic E-state index is -0.817. The van der Waals surface area contributed by atoms with Crippen molar-refractivity contribution >= 4 is 15.9 Å². The van der Waals surface area contributed by atoms with Crippen molar-refractivity contribution in [3.8, 4) is 0 Å². The molecule has 1 N–H and O–H groups in total. The van der Waals surface area contributed by atoms with Crippen LogP contribution in [0.3, 0.4) is 0 Å². The lowest BCUT2D eigenvalue weighted by Crippen LogP contribution is -2.33. The minimum Gasteiger partial charge on any atom is -0.383 e. The first kappa shape index (κ1) is 13.8. The summed E-state index contributed by atoms with van der Waals surface area (Å²) in [4.78, 5) is 0. The number of aromatic nitrogens is 3. The van der Waals surface area contributed by atoms with Gasteiger partial charge in [-0.15, -0.1) is 5.10 Å². The maximum absolute atomic E-state index is 10.9. The number of nitrogens with zero attached hydrogens (tertiary/aromatic N) is 3. The van der Waals surface area contributed by atoms with Crippen molar-refractivity contribution in [1.82, 2.24) is 15.0 Å². The first-order chi connectivity index (χ1) is 9.60. The SMILES string of the molecule is Cn1nnc(Br)c1C1(O)CCC(c2ccccc2)CC1. The van der Waals surface area contributed by atoms with Crippen LogP contribution in [0.5, 0.6) is 0 Å². The topological polar surface area (TPSA) is 50.9 Å². The first-order valence-electron chi connectivity index (χ1n) is 6.93. The Bertz CT molecular complexity index is 569. The highest BCUT2D eigenvalue weighted by Gasteiger charge is 2.39. The summed E-state index contributed by atoms with van der Waals surface area (Å²) in [6, 6.07) is 10.6. The molecule has 1 aliphatic carbocycles. The molecule has 0 saturated heterocycles. The minimum absolute atomic E-state index is 0.538. The third kappa shape index (κ3) is 2.40. The Balaban J connectivity index is 1.78. The summed E-state index contributed by atoms with van der Waals surface area (Å²) >= 11 is 3.39. The maximum atomic E-state index is 10.9. The van der Waals surface area contributed by atoms with Gasteiger partial charge in [0.1, 0.15) is 11.3 Å². The van der Waals surface area contributed by atoms with E-state index in [-0.39, 0.29) is 0 Å². The summed E-state index contributed by atoms with van der Waals surface area (Å²) in [5.41, 5.74) is 1.35. The molecule has 2 aromatic rings. The van der Waals surface area contributed by atoms with Gasteiger partial charge < -0.3 is 5.11 Å². The summed E-state index contributed by atoms with van der Waals surface area (Å²) in [5.74, 6) is 0.538. The first-order valence-corrected chi connectivity index (χ1v) is 7.72. The Morgan fingerprint density at radius 3 is 2.45 bits per heavy atom. The fourth-order valence-electron chi connectivity index (χ4n) is 3.22. The molecule has 20 heavy (non-hydrogen) atoms. The number of hydrogen-bond acceptors (Lipinski definition) is 3. The normalized spacial score (nSPS) is 26.6. The molecule has 1 heterocycles. The van der Waals surface area contributed by atoms with Gasteiger partial charge in [0, 0.05) is 7.05 Å². The van der Waals surface area contributed by atoms with Crippen LogP contribution in [0.25, 0.3) is 0 Å². The van der Waals surface area contributed by atoms with Gasteiger partial charge in [0.05, 0.1) is 0 Å². The van der Waals surface area contributed by atoms with Gasteiger partial charge in [-0.2, -0.15) is 0 Å². The van der Waals surface area contributed by atoms with Gasteiger partial charge in [-0.1, -0.05) is 35.5 Å². The molecule has 4 nitrogen and oxygen atoms in total. The van der Waals surface area contributed by atoms with E-state index in [2.05, 4.69) is 50.5 Å². The second kappa shape index (κ2) is 5.30. The molecule has 1 fully saturated rings. The van der Waals surface area contributed by atoms with Crippen LogP contribution in [0.1, 0.15) is 42.9 Å². The van der Waals surface area contributed by atoms with Crippen LogP contribution < -0.4 is 0 Å². The van der Waals surface area contributed by atoms with Crippen LogP contribution in [-0.4, -0.2) is 20.1 Å². The van der Waals surface area contributed by atoms with E-state index in [0.717, 1.165) is 31.4 Å². The van der Waals surface area contributed by atoms with Gasteiger partial charge in [0.15, 0.2) is 4.60 Å². The Hall–Kier alpha value is -1.20. The number of hydrogen-bond donors (Lipinski definition) is 1. The molecule has 1 aliphatic rings. The van der Waals surface area contributed by atoms with E-state index in [1.54, 1.807) is 4.68 Å². The van der Waals surface area contributed by atoms with Crippen LogP contribution in [0, 0.1) is 0 Å². The predicted octanol–water partition coefficient (Wildman–Crippen LogP) is 3.12. The second-order valence-electron chi connectivity index (χ2n) is 5.57. The van der Waals surface area contributed by atoms with Crippen molar-refractivity contribution in [3.63, 3.8) is 0 Å². The summed E-state index contributed by atoms with van der Waals surface area (Å²) in [6.45, 7) is 0. The van der Waals surface area contributed by atoms with Crippen molar-refractivity contribution in [2.75, 3.05) is 0 Å². The number of halogens is 1. The number of rotatable bonds is 2. The van der Waals surface area contributed by atoms with E-state index >= 15 is 0 Å². The zero-order chi connectivity index (χ0) is 14.2. The average Bonchev–Trinajstić information content (AvgIpc) is 2.80. The third-order valence-corrected chi connectivity index (χ3v) is 4.84. The third-order valence-electron chi connectivity index (χ3n) is 4.31. The van der Waals surface area contributed by atoms with Gasteiger partial charge in [0.2, 0.25) is 0 Å². The molecule has 3 rings (SSSR count). The molecule has 0 radical (unpaired) electrons. The largest absolute Gasteiger partial charge is 0.383 e. The summed E-state index contributed by atoms with van der Waals surface area (Å²) < 4.78 is 2.33. The second-order valence-corrected chi connectivity index (χ2v) is 6.32. The van der Waals surface area contributed by atoms with Gasteiger partial charge in [-0.05, 0) is 53.1 Å². The van der Waals surface area contributed by atoms with Crippen LogP contribution >= 0.6 is 15.9 Å². The standard InChI is InChI=1S/C15H18BrN3O/c1-19-13(14(16)17-18-19)15(20)9-7-12(8-10-15)11-5-3-2-4-6-11/h2-6,12,20H,7-10H2,1H3. The molecule has 0 aliphatic heterocycles. The Labute approximate surface area is 126 Å². The molecule has 0 amide bonds. The lowest BCUT2D eigenvalue weighted by atomic mass is 9.75. The van der Waals surface area contributed by atoms with Gasteiger partial charge >= 0.3 is 0 Å². The molecule has 1 aromatic carbocycles. The van der Waals surface area contributed by atoms with E-state index < -0.39 is 5.60 Å². The lowest BCUT2D eigenvalue weighted by molar-refractivity contribution is -0.0134. The Kier molecular flexibility index (Phi) is 3.65. The van der Waals surface area contributed by atoms with E-state index in [9.17, 15) is 5.11 Å². The molecule has 1 aromatic heterocycles. The summed E-state index contributed by atoms with van der Waals surface area (Å²) in [7, 11) is 1.83. The number of aryl methyl sites for hydroxylation is 1.